The molecule has 3 aromatic heterocycles. The molecular weight excluding hydrogens is 270 g/mol. The van der Waals surface area contributed by atoms with Crippen molar-refractivity contribution in [3.05, 3.63) is 42.6 Å². The fraction of sp³-hybridized carbons (Fsp3) is 0.143. The van der Waals surface area contributed by atoms with Gasteiger partial charge in [-0.15, -0.1) is 10.2 Å². The third-order valence-electron chi connectivity index (χ3n) is 3.37. The van der Waals surface area contributed by atoms with Gasteiger partial charge in [-0.1, -0.05) is 12.1 Å². The van der Waals surface area contributed by atoms with Crippen LogP contribution in [0.1, 0.15) is 17.5 Å². The van der Waals surface area contributed by atoms with E-state index in [1.807, 2.05) is 28.7 Å². The van der Waals surface area contributed by atoms with Gasteiger partial charge in [-0.2, -0.15) is 0 Å². The lowest BCUT2D eigenvalue weighted by Gasteiger charge is -2.06. The standard InChI is InChI=1S/C14H11N5O2/c1-2-21-14(20)13-17-16-12-9-5-3-4-6-10(9)18-8-15-7-11(18)19(12)13/h3-8H,2H2,1H3. The van der Waals surface area contributed by atoms with Crippen LogP contribution in [0.2, 0.25) is 0 Å². The number of carbonyl (C=O) groups is 1. The summed E-state index contributed by atoms with van der Waals surface area (Å²) in [5.41, 5.74) is 2.29. The summed E-state index contributed by atoms with van der Waals surface area (Å²) in [6, 6.07) is 7.78. The van der Waals surface area contributed by atoms with Crippen molar-refractivity contribution in [3.8, 4) is 0 Å². The SMILES string of the molecule is CCOC(=O)c1nnc2c3ccccc3n3cncc3n12. The number of aromatic nitrogens is 5. The van der Waals surface area contributed by atoms with E-state index in [4.69, 9.17) is 4.74 Å². The zero-order valence-electron chi connectivity index (χ0n) is 11.2. The maximum absolute atomic E-state index is 12.0. The first kappa shape index (κ1) is 11.8. The van der Waals surface area contributed by atoms with Crippen LogP contribution in [0.5, 0.6) is 0 Å². The second-order valence-corrected chi connectivity index (χ2v) is 4.54. The van der Waals surface area contributed by atoms with Crippen molar-refractivity contribution in [1.29, 1.82) is 0 Å². The summed E-state index contributed by atoms with van der Waals surface area (Å²) in [6.07, 6.45) is 3.37. The summed E-state index contributed by atoms with van der Waals surface area (Å²) in [4.78, 5) is 16.2. The molecule has 0 N–H and O–H groups in total. The lowest BCUT2D eigenvalue weighted by molar-refractivity contribution is 0.0511. The Bertz CT molecular complexity index is 985. The van der Waals surface area contributed by atoms with Crippen LogP contribution in [0.25, 0.3) is 22.2 Å². The largest absolute Gasteiger partial charge is 0.460 e. The number of esters is 1. The van der Waals surface area contributed by atoms with Crippen LogP contribution in [-0.2, 0) is 4.74 Å². The molecule has 0 saturated carbocycles. The average Bonchev–Trinajstić information content (AvgIpc) is 3.14. The van der Waals surface area contributed by atoms with Gasteiger partial charge in [0, 0.05) is 5.39 Å². The smallest absolute Gasteiger partial charge is 0.376 e. The van der Waals surface area contributed by atoms with Crippen molar-refractivity contribution >= 4 is 28.2 Å². The van der Waals surface area contributed by atoms with Gasteiger partial charge in [0.15, 0.2) is 5.65 Å². The topological polar surface area (TPSA) is 73.8 Å². The van der Waals surface area contributed by atoms with Gasteiger partial charge in [0.05, 0.1) is 18.3 Å². The number of hydrogen-bond acceptors (Lipinski definition) is 5. The molecule has 4 aromatic rings. The van der Waals surface area contributed by atoms with Gasteiger partial charge in [0.25, 0.3) is 0 Å². The van der Waals surface area contributed by atoms with E-state index in [0.717, 1.165) is 16.6 Å². The Balaban J connectivity index is 2.20. The zero-order chi connectivity index (χ0) is 14.4. The Labute approximate surface area is 118 Å². The number of benzene rings is 1. The molecule has 3 heterocycles. The first-order chi connectivity index (χ1) is 10.3. The lowest BCUT2D eigenvalue weighted by atomic mass is 10.2. The fourth-order valence-corrected chi connectivity index (χ4v) is 2.52. The molecule has 1 aromatic carbocycles. The molecule has 0 aliphatic heterocycles. The molecule has 0 fully saturated rings. The fourth-order valence-electron chi connectivity index (χ4n) is 2.52. The van der Waals surface area contributed by atoms with Gasteiger partial charge in [-0.05, 0) is 19.1 Å². The molecule has 0 bridgehead atoms. The molecular formula is C14H11N5O2. The minimum absolute atomic E-state index is 0.156. The molecule has 0 aliphatic carbocycles. The normalized spacial score (nSPS) is 11.5. The molecule has 21 heavy (non-hydrogen) atoms. The summed E-state index contributed by atoms with van der Waals surface area (Å²) in [5.74, 6) is -0.341. The number of fused-ring (bicyclic) bond motifs is 6. The number of para-hydroxylation sites is 1. The molecule has 0 saturated heterocycles. The molecule has 0 aliphatic rings. The monoisotopic (exact) mass is 281 g/mol. The number of imidazole rings is 1. The van der Waals surface area contributed by atoms with E-state index in [1.165, 1.54) is 0 Å². The van der Waals surface area contributed by atoms with Crippen molar-refractivity contribution in [3.63, 3.8) is 0 Å². The predicted molar refractivity (Wildman–Crippen MR) is 75.2 cm³/mol. The number of carbonyl (C=O) groups excluding carboxylic acids is 1. The number of hydrogen-bond donors (Lipinski definition) is 0. The first-order valence-corrected chi connectivity index (χ1v) is 6.56. The van der Waals surface area contributed by atoms with Crippen LogP contribution in [0.15, 0.2) is 36.8 Å². The summed E-state index contributed by atoms with van der Waals surface area (Å²) < 4.78 is 8.61. The highest BCUT2D eigenvalue weighted by Crippen LogP contribution is 2.22. The average molecular weight is 281 g/mol. The van der Waals surface area contributed by atoms with Gasteiger partial charge < -0.3 is 4.74 Å². The van der Waals surface area contributed by atoms with Gasteiger partial charge in [0.2, 0.25) is 5.82 Å². The van der Waals surface area contributed by atoms with Crippen LogP contribution < -0.4 is 0 Å². The molecule has 7 nitrogen and oxygen atoms in total. The van der Waals surface area contributed by atoms with Gasteiger partial charge >= 0.3 is 5.97 Å². The highest BCUT2D eigenvalue weighted by Gasteiger charge is 2.20. The second-order valence-electron chi connectivity index (χ2n) is 4.54. The van der Waals surface area contributed by atoms with Crippen LogP contribution in [0.4, 0.5) is 0 Å². The highest BCUT2D eigenvalue weighted by atomic mass is 16.5. The van der Waals surface area contributed by atoms with E-state index in [2.05, 4.69) is 15.2 Å². The maximum Gasteiger partial charge on any atom is 0.376 e. The molecule has 0 unspecified atom stereocenters. The number of rotatable bonds is 2. The van der Waals surface area contributed by atoms with Crippen molar-refractivity contribution in [1.82, 2.24) is 24.0 Å². The van der Waals surface area contributed by atoms with Crippen molar-refractivity contribution in [2.24, 2.45) is 0 Å². The van der Waals surface area contributed by atoms with E-state index in [9.17, 15) is 4.79 Å². The van der Waals surface area contributed by atoms with Crippen LogP contribution in [0, 0.1) is 0 Å². The minimum atomic E-state index is -0.497. The quantitative estimate of drug-likeness (QED) is 0.523. The Hall–Kier alpha value is -2.96. The Morgan fingerprint density at radius 1 is 1.29 bits per heavy atom. The van der Waals surface area contributed by atoms with Gasteiger partial charge in [-0.25, -0.2) is 9.78 Å². The highest BCUT2D eigenvalue weighted by molar-refractivity contribution is 5.96. The molecule has 0 amide bonds. The lowest BCUT2D eigenvalue weighted by Crippen LogP contribution is -2.10. The molecule has 7 heteroatoms. The molecule has 0 radical (unpaired) electrons. The van der Waals surface area contributed by atoms with E-state index in [1.54, 1.807) is 23.8 Å². The first-order valence-electron chi connectivity index (χ1n) is 6.56. The molecule has 104 valence electrons. The second kappa shape index (κ2) is 4.27. The Morgan fingerprint density at radius 3 is 3.00 bits per heavy atom. The molecule has 4 rings (SSSR count). The van der Waals surface area contributed by atoms with Crippen LogP contribution in [0.3, 0.4) is 0 Å². The summed E-state index contributed by atoms with van der Waals surface area (Å²) >= 11 is 0. The van der Waals surface area contributed by atoms with E-state index < -0.39 is 5.97 Å². The van der Waals surface area contributed by atoms with E-state index in [0.29, 0.717) is 5.65 Å². The molecule has 0 spiro atoms. The Kier molecular flexibility index (Phi) is 2.41. The third kappa shape index (κ3) is 1.54. The van der Waals surface area contributed by atoms with Crippen molar-refractivity contribution < 1.29 is 9.53 Å². The number of ether oxygens (including phenoxy) is 1. The van der Waals surface area contributed by atoms with E-state index >= 15 is 0 Å². The molecule has 0 atom stereocenters. The van der Waals surface area contributed by atoms with E-state index in [-0.39, 0.29) is 12.4 Å². The van der Waals surface area contributed by atoms with Gasteiger partial charge in [-0.3, -0.25) is 8.80 Å². The van der Waals surface area contributed by atoms with Crippen LogP contribution >= 0.6 is 0 Å². The Morgan fingerprint density at radius 2 is 2.14 bits per heavy atom. The maximum atomic E-state index is 12.0. The van der Waals surface area contributed by atoms with Crippen molar-refractivity contribution in [2.45, 2.75) is 6.92 Å². The third-order valence-corrected chi connectivity index (χ3v) is 3.37. The summed E-state index contributed by atoms with van der Waals surface area (Å²) in [7, 11) is 0. The zero-order valence-corrected chi connectivity index (χ0v) is 11.2. The van der Waals surface area contributed by atoms with Gasteiger partial charge in [0.1, 0.15) is 12.0 Å². The minimum Gasteiger partial charge on any atom is -0.460 e. The number of nitrogens with zero attached hydrogens (tertiary/aromatic N) is 5. The summed E-state index contributed by atoms with van der Waals surface area (Å²) in [6.45, 7) is 2.04. The predicted octanol–water partition coefficient (Wildman–Crippen LogP) is 1.71. The van der Waals surface area contributed by atoms with Crippen molar-refractivity contribution in [2.75, 3.05) is 6.61 Å². The summed E-state index contributed by atoms with van der Waals surface area (Å²) in [5, 5.41) is 9.04. The van der Waals surface area contributed by atoms with Crippen LogP contribution in [-0.4, -0.2) is 36.6 Å².